The average molecular weight is 346 g/mol. The van der Waals surface area contributed by atoms with E-state index in [2.05, 4.69) is 13.2 Å². The van der Waals surface area contributed by atoms with Crippen LogP contribution < -0.4 is 0 Å². The molecule has 134 valence electrons. The van der Waals surface area contributed by atoms with Crippen LogP contribution in [0, 0.1) is 5.92 Å². The molecular weight excluding hydrogens is 324 g/mol. The van der Waals surface area contributed by atoms with Crippen molar-refractivity contribution in [3.63, 3.8) is 0 Å². The van der Waals surface area contributed by atoms with Crippen LogP contribution in [0.15, 0.2) is 36.0 Å². The van der Waals surface area contributed by atoms with Crippen molar-refractivity contribution in [2.24, 2.45) is 5.92 Å². The number of fused-ring (bicyclic) bond motifs is 3. The molecule has 5 atom stereocenters. The highest BCUT2D eigenvalue weighted by molar-refractivity contribution is 5.92. The Bertz CT molecular complexity index is 690. The van der Waals surface area contributed by atoms with Gasteiger partial charge in [-0.1, -0.05) is 19.2 Å². The lowest BCUT2D eigenvalue weighted by Crippen LogP contribution is -2.38. The van der Waals surface area contributed by atoms with Crippen molar-refractivity contribution < 1.29 is 28.6 Å². The molecule has 6 heteroatoms. The minimum Gasteiger partial charge on any atom is -0.458 e. The summed E-state index contributed by atoms with van der Waals surface area (Å²) in [4.78, 5) is 35.6. The summed E-state index contributed by atoms with van der Waals surface area (Å²) in [7, 11) is 0. The maximum Gasteiger partial charge on any atom is 0.334 e. The molecule has 6 nitrogen and oxygen atoms in total. The standard InChI is InChI=1S/C19H22O6/c1-10(2)17(21)23-13-8-12(9-20)6-5-7-19(4)16(25-19)15-14(13)11(3)18(22)24-15/h6,9,13-16H,1,3,5,7-8H2,2,4H3/b12-6+/t13-,14+,15-,16+,19+/m0/s1. The molecule has 2 heterocycles. The van der Waals surface area contributed by atoms with E-state index in [0.29, 0.717) is 12.0 Å². The number of esters is 2. The molecular formula is C19H22O6. The van der Waals surface area contributed by atoms with E-state index in [9.17, 15) is 14.4 Å². The first kappa shape index (κ1) is 17.6. The minimum atomic E-state index is -0.740. The number of carbonyl (C=O) groups is 3. The molecule has 0 aromatic heterocycles. The third kappa shape index (κ3) is 3.18. The predicted molar refractivity (Wildman–Crippen MR) is 88.5 cm³/mol. The van der Waals surface area contributed by atoms with Crippen molar-refractivity contribution >= 4 is 18.2 Å². The number of rotatable bonds is 3. The second-order valence-corrected chi connectivity index (χ2v) is 7.14. The second kappa shape index (κ2) is 6.26. The van der Waals surface area contributed by atoms with Crippen molar-refractivity contribution in [1.29, 1.82) is 0 Å². The summed E-state index contributed by atoms with van der Waals surface area (Å²) in [5, 5.41) is 0. The van der Waals surface area contributed by atoms with Crippen LogP contribution in [0.1, 0.15) is 33.1 Å². The van der Waals surface area contributed by atoms with Crippen molar-refractivity contribution in [2.75, 3.05) is 0 Å². The van der Waals surface area contributed by atoms with Crippen molar-refractivity contribution in [1.82, 2.24) is 0 Å². The van der Waals surface area contributed by atoms with Gasteiger partial charge in [0.05, 0.1) is 11.5 Å². The predicted octanol–water partition coefficient (Wildman–Crippen LogP) is 2.04. The Morgan fingerprint density at radius 3 is 2.84 bits per heavy atom. The first-order chi connectivity index (χ1) is 11.8. The summed E-state index contributed by atoms with van der Waals surface area (Å²) in [5.74, 6) is -1.64. The Morgan fingerprint density at radius 2 is 2.20 bits per heavy atom. The third-order valence-electron chi connectivity index (χ3n) is 5.14. The molecule has 3 rings (SSSR count). The Balaban J connectivity index is 1.98. The molecule has 0 aromatic carbocycles. The van der Waals surface area contributed by atoms with Gasteiger partial charge in [0.1, 0.15) is 24.6 Å². The van der Waals surface area contributed by atoms with Crippen molar-refractivity contribution in [3.05, 3.63) is 36.0 Å². The van der Waals surface area contributed by atoms with Crippen LogP contribution in [-0.2, 0) is 28.6 Å². The first-order valence-electron chi connectivity index (χ1n) is 8.35. The van der Waals surface area contributed by atoms with Crippen molar-refractivity contribution in [2.45, 2.75) is 57.0 Å². The molecule has 0 saturated carbocycles. The SMILES string of the molecule is C=C(C)C(=O)O[C@H]1C/C(C=O)=C\CC[C@@]2(C)O[C@@H]2[C@H]2OC(=O)C(=C)[C@@H]21. The molecule has 0 bridgehead atoms. The quantitative estimate of drug-likeness (QED) is 0.337. The molecule has 1 aliphatic carbocycles. The number of epoxide rings is 1. The van der Waals surface area contributed by atoms with Gasteiger partial charge >= 0.3 is 11.9 Å². The Labute approximate surface area is 146 Å². The summed E-state index contributed by atoms with van der Waals surface area (Å²) < 4.78 is 16.9. The molecule has 0 aromatic rings. The molecule has 25 heavy (non-hydrogen) atoms. The lowest BCUT2D eigenvalue weighted by atomic mass is 9.82. The van der Waals surface area contributed by atoms with E-state index in [1.54, 1.807) is 6.92 Å². The number of hydrogen-bond acceptors (Lipinski definition) is 6. The van der Waals surface area contributed by atoms with Crippen LogP contribution in [0.3, 0.4) is 0 Å². The highest BCUT2D eigenvalue weighted by atomic mass is 16.6. The first-order valence-corrected chi connectivity index (χ1v) is 8.35. The van der Waals surface area contributed by atoms with Gasteiger partial charge in [0.2, 0.25) is 0 Å². The molecule has 0 amide bonds. The van der Waals surface area contributed by atoms with E-state index in [1.165, 1.54) is 0 Å². The van der Waals surface area contributed by atoms with E-state index in [1.807, 2.05) is 13.0 Å². The molecule has 0 unspecified atom stereocenters. The summed E-state index contributed by atoms with van der Waals surface area (Å²) in [6.07, 6.45) is 2.59. The van der Waals surface area contributed by atoms with E-state index in [4.69, 9.17) is 14.2 Å². The number of hydrogen-bond donors (Lipinski definition) is 0. The topological polar surface area (TPSA) is 82.2 Å². The average Bonchev–Trinajstić information content (AvgIpc) is 3.13. The Morgan fingerprint density at radius 1 is 1.48 bits per heavy atom. The Hall–Kier alpha value is -2.21. The zero-order valence-electron chi connectivity index (χ0n) is 14.4. The minimum absolute atomic E-state index is 0.197. The molecule has 0 radical (unpaired) electrons. The van der Waals surface area contributed by atoms with E-state index >= 15 is 0 Å². The van der Waals surface area contributed by atoms with Crippen molar-refractivity contribution in [3.8, 4) is 0 Å². The summed E-state index contributed by atoms with van der Waals surface area (Å²) >= 11 is 0. The molecule has 3 aliphatic rings. The van der Waals surface area contributed by atoms with Gasteiger partial charge in [0.15, 0.2) is 0 Å². The number of ether oxygens (including phenoxy) is 3. The van der Waals surface area contributed by atoms with E-state index < -0.39 is 35.7 Å². The smallest absolute Gasteiger partial charge is 0.334 e. The normalized spacial score (nSPS) is 39.2. The van der Waals surface area contributed by atoms with Gasteiger partial charge in [0.25, 0.3) is 0 Å². The number of aldehydes is 1. The molecule has 0 N–H and O–H groups in total. The highest BCUT2D eigenvalue weighted by Crippen LogP contribution is 2.50. The zero-order chi connectivity index (χ0) is 18.4. The Kier molecular flexibility index (Phi) is 4.41. The lowest BCUT2D eigenvalue weighted by Gasteiger charge is -2.27. The maximum atomic E-state index is 12.1. The monoisotopic (exact) mass is 346 g/mol. The van der Waals surface area contributed by atoms with Crippen LogP contribution in [-0.4, -0.2) is 42.1 Å². The molecule has 2 aliphatic heterocycles. The second-order valence-electron chi connectivity index (χ2n) is 7.14. The fourth-order valence-electron chi connectivity index (χ4n) is 3.60. The van der Waals surface area contributed by atoms with Gasteiger partial charge < -0.3 is 14.2 Å². The number of allylic oxidation sites excluding steroid dienone is 1. The summed E-state index contributed by atoms with van der Waals surface area (Å²) in [5.41, 5.74) is 0.591. The van der Waals surface area contributed by atoms with Crippen LogP contribution >= 0.6 is 0 Å². The van der Waals surface area contributed by atoms with E-state index in [-0.39, 0.29) is 23.7 Å². The lowest BCUT2D eigenvalue weighted by molar-refractivity contribution is -0.148. The van der Waals surface area contributed by atoms with Gasteiger partial charge in [0, 0.05) is 17.6 Å². The fourth-order valence-corrected chi connectivity index (χ4v) is 3.60. The summed E-state index contributed by atoms with van der Waals surface area (Å²) in [6, 6.07) is 0. The maximum absolute atomic E-state index is 12.1. The van der Waals surface area contributed by atoms with Gasteiger partial charge in [-0.25, -0.2) is 9.59 Å². The van der Waals surface area contributed by atoms with Crippen LogP contribution in [0.25, 0.3) is 0 Å². The van der Waals surface area contributed by atoms with Gasteiger partial charge in [-0.15, -0.1) is 0 Å². The third-order valence-corrected chi connectivity index (χ3v) is 5.14. The summed E-state index contributed by atoms with van der Waals surface area (Å²) in [6.45, 7) is 10.9. The highest BCUT2D eigenvalue weighted by Gasteiger charge is 2.63. The zero-order valence-corrected chi connectivity index (χ0v) is 14.4. The molecule has 0 spiro atoms. The van der Waals surface area contributed by atoms with Gasteiger partial charge in [-0.05, 0) is 32.3 Å². The number of carbonyl (C=O) groups excluding carboxylic acids is 3. The van der Waals surface area contributed by atoms with Crippen LogP contribution in [0.4, 0.5) is 0 Å². The van der Waals surface area contributed by atoms with Crippen LogP contribution in [0.5, 0.6) is 0 Å². The van der Waals surface area contributed by atoms with Gasteiger partial charge in [-0.2, -0.15) is 0 Å². The largest absolute Gasteiger partial charge is 0.458 e. The molecule has 2 fully saturated rings. The molecule has 2 saturated heterocycles. The fraction of sp³-hybridized carbons (Fsp3) is 0.526. The van der Waals surface area contributed by atoms with E-state index in [0.717, 1.165) is 12.7 Å². The van der Waals surface area contributed by atoms with Crippen LogP contribution in [0.2, 0.25) is 0 Å². The van der Waals surface area contributed by atoms with Gasteiger partial charge in [-0.3, -0.25) is 4.79 Å².